The van der Waals surface area contributed by atoms with E-state index in [4.69, 9.17) is 0 Å². The molecule has 2 N–H and O–H groups in total. The summed E-state index contributed by atoms with van der Waals surface area (Å²) in [4.78, 5) is 34.1. The highest BCUT2D eigenvalue weighted by Gasteiger charge is 2.06. The molecule has 0 fully saturated rings. The Bertz CT molecular complexity index is 415. The number of hydrogen-bond acceptors (Lipinski definition) is 4. The maximum Gasteiger partial charge on any atom is 0.261 e. The Morgan fingerprint density at radius 1 is 1.17 bits per heavy atom. The lowest BCUT2D eigenvalue weighted by Crippen LogP contribution is -2.34. The van der Waals surface area contributed by atoms with E-state index < -0.39 is 0 Å². The van der Waals surface area contributed by atoms with Gasteiger partial charge in [0.1, 0.15) is 5.78 Å². The minimum atomic E-state index is -0.171. The van der Waals surface area contributed by atoms with Gasteiger partial charge in [-0.05, 0) is 18.4 Å². The summed E-state index contributed by atoms with van der Waals surface area (Å²) >= 11 is 1.37. The first kappa shape index (κ1) is 14.4. The molecule has 0 unspecified atom stereocenters. The highest BCUT2D eigenvalue weighted by Crippen LogP contribution is 2.07. The molecule has 1 aromatic rings. The van der Waals surface area contributed by atoms with Gasteiger partial charge in [0, 0.05) is 25.9 Å². The van der Waals surface area contributed by atoms with Crippen molar-refractivity contribution in [2.75, 3.05) is 13.1 Å². The quantitative estimate of drug-likeness (QED) is 0.723. The molecule has 0 radical (unpaired) electrons. The van der Waals surface area contributed by atoms with Gasteiger partial charge in [0.25, 0.3) is 5.91 Å². The van der Waals surface area contributed by atoms with Gasteiger partial charge in [0.05, 0.1) is 4.88 Å². The molecule has 0 aliphatic heterocycles. The van der Waals surface area contributed by atoms with Gasteiger partial charge in [-0.1, -0.05) is 6.07 Å². The van der Waals surface area contributed by atoms with Crippen LogP contribution in [-0.4, -0.2) is 30.7 Å². The van der Waals surface area contributed by atoms with Crippen LogP contribution >= 0.6 is 11.3 Å². The summed E-state index contributed by atoms with van der Waals surface area (Å²) in [7, 11) is 0. The van der Waals surface area contributed by atoms with Gasteiger partial charge in [-0.2, -0.15) is 0 Å². The molecule has 0 aliphatic rings. The van der Waals surface area contributed by atoms with E-state index in [1.807, 2.05) is 11.4 Å². The fourth-order valence-electron chi connectivity index (χ4n) is 1.25. The zero-order valence-electron chi connectivity index (χ0n) is 10.2. The van der Waals surface area contributed by atoms with E-state index in [1.165, 1.54) is 18.3 Å². The van der Waals surface area contributed by atoms with Crippen molar-refractivity contribution in [3.63, 3.8) is 0 Å². The zero-order valence-corrected chi connectivity index (χ0v) is 11.0. The minimum Gasteiger partial charge on any atom is -0.354 e. The van der Waals surface area contributed by atoms with Gasteiger partial charge in [0.15, 0.2) is 0 Å². The number of amides is 2. The van der Waals surface area contributed by atoms with Crippen LogP contribution in [0, 0.1) is 0 Å². The number of Topliss-reactive ketones (excluding diaryl/α,β-unsaturated/α-hetero) is 1. The van der Waals surface area contributed by atoms with Crippen LogP contribution in [0.4, 0.5) is 0 Å². The Kier molecular flexibility index (Phi) is 6.07. The van der Waals surface area contributed by atoms with E-state index >= 15 is 0 Å². The Hall–Kier alpha value is -1.69. The van der Waals surface area contributed by atoms with E-state index in [2.05, 4.69) is 10.6 Å². The molecule has 2 amide bonds. The summed E-state index contributed by atoms with van der Waals surface area (Å²) in [5.41, 5.74) is 0. The van der Waals surface area contributed by atoms with E-state index in [0.29, 0.717) is 18.0 Å². The molecule has 0 bridgehead atoms. The Morgan fingerprint density at radius 2 is 1.89 bits per heavy atom. The smallest absolute Gasteiger partial charge is 0.261 e. The number of carbonyl (C=O) groups excluding carboxylic acids is 3. The zero-order chi connectivity index (χ0) is 13.4. The molecule has 18 heavy (non-hydrogen) atoms. The molecule has 6 heteroatoms. The van der Waals surface area contributed by atoms with Crippen LogP contribution in [0.3, 0.4) is 0 Å². The van der Waals surface area contributed by atoms with Gasteiger partial charge < -0.3 is 15.4 Å². The summed E-state index contributed by atoms with van der Waals surface area (Å²) in [6.45, 7) is 2.20. The number of rotatable bonds is 7. The first-order valence-corrected chi connectivity index (χ1v) is 6.55. The minimum absolute atomic E-state index is 0.00357. The molecule has 5 nitrogen and oxygen atoms in total. The predicted molar refractivity (Wildman–Crippen MR) is 69.6 cm³/mol. The van der Waals surface area contributed by atoms with Crippen molar-refractivity contribution < 1.29 is 14.4 Å². The van der Waals surface area contributed by atoms with Gasteiger partial charge in [-0.15, -0.1) is 11.3 Å². The molecular weight excluding hydrogens is 252 g/mol. The van der Waals surface area contributed by atoms with Crippen molar-refractivity contribution in [3.8, 4) is 0 Å². The van der Waals surface area contributed by atoms with Crippen molar-refractivity contribution in [1.29, 1.82) is 0 Å². The number of nitrogens with one attached hydrogen (secondary N) is 2. The van der Waals surface area contributed by atoms with E-state index in [-0.39, 0.29) is 30.4 Å². The lowest BCUT2D eigenvalue weighted by Gasteiger charge is -2.05. The van der Waals surface area contributed by atoms with Gasteiger partial charge in [0.2, 0.25) is 5.91 Å². The van der Waals surface area contributed by atoms with Crippen molar-refractivity contribution >= 4 is 28.9 Å². The SMILES string of the molecule is CC(=O)CCC(=O)NCCNC(=O)c1cccs1. The highest BCUT2D eigenvalue weighted by molar-refractivity contribution is 7.12. The fourth-order valence-corrected chi connectivity index (χ4v) is 1.89. The van der Waals surface area contributed by atoms with Crippen LogP contribution in [0.15, 0.2) is 17.5 Å². The third-order valence-electron chi connectivity index (χ3n) is 2.18. The van der Waals surface area contributed by atoms with Crippen molar-refractivity contribution in [2.24, 2.45) is 0 Å². The molecule has 0 spiro atoms. The standard InChI is InChI=1S/C12H16N2O3S/c1-9(15)4-5-11(16)13-6-7-14-12(17)10-3-2-8-18-10/h2-3,8H,4-7H2,1H3,(H,13,16)(H,14,17). The third kappa shape index (κ3) is 5.58. The molecule has 98 valence electrons. The topological polar surface area (TPSA) is 75.3 Å². The molecule has 0 aliphatic carbocycles. The van der Waals surface area contributed by atoms with Crippen molar-refractivity contribution in [3.05, 3.63) is 22.4 Å². The van der Waals surface area contributed by atoms with Gasteiger partial charge >= 0.3 is 0 Å². The monoisotopic (exact) mass is 268 g/mol. The Labute approximate surface area is 110 Å². The van der Waals surface area contributed by atoms with Crippen LogP contribution in [0.1, 0.15) is 29.4 Å². The molecule has 1 aromatic heterocycles. The second-order valence-electron chi connectivity index (χ2n) is 3.79. The van der Waals surface area contributed by atoms with Crippen molar-refractivity contribution in [2.45, 2.75) is 19.8 Å². The van der Waals surface area contributed by atoms with Crippen LogP contribution in [0.2, 0.25) is 0 Å². The Balaban J connectivity index is 2.10. The lowest BCUT2D eigenvalue weighted by molar-refractivity contribution is -0.124. The van der Waals surface area contributed by atoms with E-state index in [1.54, 1.807) is 6.07 Å². The average molecular weight is 268 g/mol. The first-order chi connectivity index (χ1) is 8.59. The second-order valence-corrected chi connectivity index (χ2v) is 4.73. The maximum absolute atomic E-state index is 11.5. The molecule has 0 saturated heterocycles. The highest BCUT2D eigenvalue weighted by atomic mass is 32.1. The largest absolute Gasteiger partial charge is 0.354 e. The summed E-state index contributed by atoms with van der Waals surface area (Å²) in [6.07, 6.45) is 0.460. The number of hydrogen-bond donors (Lipinski definition) is 2. The second kappa shape index (κ2) is 7.60. The summed E-state index contributed by atoms with van der Waals surface area (Å²) in [5.74, 6) is -0.310. The van der Waals surface area contributed by atoms with Gasteiger partial charge in [-0.3, -0.25) is 9.59 Å². The number of ketones is 1. The first-order valence-electron chi connectivity index (χ1n) is 5.67. The summed E-state index contributed by atoms with van der Waals surface area (Å²) in [6, 6.07) is 3.55. The fraction of sp³-hybridized carbons (Fsp3) is 0.417. The molecule has 1 rings (SSSR count). The van der Waals surface area contributed by atoms with Crippen LogP contribution in [0.5, 0.6) is 0 Å². The maximum atomic E-state index is 11.5. The summed E-state index contributed by atoms with van der Waals surface area (Å²) < 4.78 is 0. The van der Waals surface area contributed by atoms with Crippen LogP contribution in [0.25, 0.3) is 0 Å². The molecular formula is C12H16N2O3S. The van der Waals surface area contributed by atoms with Crippen molar-refractivity contribution in [1.82, 2.24) is 10.6 Å². The molecule has 0 atom stereocenters. The number of thiophene rings is 1. The number of carbonyl (C=O) groups is 3. The summed E-state index contributed by atoms with van der Waals surface area (Å²) in [5, 5.41) is 7.16. The molecule has 0 aromatic carbocycles. The molecule has 0 saturated carbocycles. The van der Waals surface area contributed by atoms with Crippen LogP contribution in [-0.2, 0) is 9.59 Å². The molecule has 1 heterocycles. The lowest BCUT2D eigenvalue weighted by atomic mass is 10.2. The van der Waals surface area contributed by atoms with E-state index in [0.717, 1.165) is 0 Å². The predicted octanol–water partition coefficient (Wildman–Crippen LogP) is 0.963. The average Bonchev–Trinajstić information content (AvgIpc) is 2.85. The Morgan fingerprint density at radius 3 is 2.50 bits per heavy atom. The van der Waals surface area contributed by atoms with E-state index in [9.17, 15) is 14.4 Å². The normalized spacial score (nSPS) is 9.83. The van der Waals surface area contributed by atoms with Gasteiger partial charge in [-0.25, -0.2) is 0 Å². The third-order valence-corrected chi connectivity index (χ3v) is 3.05. The van der Waals surface area contributed by atoms with Crippen LogP contribution < -0.4 is 10.6 Å².